The highest BCUT2D eigenvalue weighted by Gasteiger charge is 2.38. The molecule has 0 aromatic heterocycles. The lowest BCUT2D eigenvalue weighted by molar-refractivity contribution is -0.142. The third-order valence-electron chi connectivity index (χ3n) is 8.31. The maximum absolute atomic E-state index is 13.9. The maximum atomic E-state index is 13.9. The number of halogens is 5. The van der Waals surface area contributed by atoms with Crippen molar-refractivity contribution in [2.45, 2.75) is 96.3 Å². The molecule has 0 bridgehead atoms. The molecule has 0 atom stereocenters. The van der Waals surface area contributed by atoms with Crippen molar-refractivity contribution in [2.75, 3.05) is 0 Å². The van der Waals surface area contributed by atoms with Gasteiger partial charge in [0.1, 0.15) is 22.9 Å². The standard InChI is InChI=1S/C30H37F5O/c1-2-3-4-5-20-6-8-21(9-7-20)22-10-14-25(15-11-22)36-26-16-12-23(13-17-26)24-18-27(31)29(28(32)19-24)30(33,34)35/h12-13,16-22,25H,2-11,14-15H2,1H3. The van der Waals surface area contributed by atoms with Gasteiger partial charge in [-0.15, -0.1) is 0 Å². The van der Waals surface area contributed by atoms with E-state index in [4.69, 9.17) is 4.74 Å². The van der Waals surface area contributed by atoms with Crippen molar-refractivity contribution >= 4 is 0 Å². The Morgan fingerprint density at radius 1 is 0.750 bits per heavy atom. The fourth-order valence-electron chi connectivity index (χ4n) is 6.24. The Hall–Kier alpha value is -2.11. The first-order valence-corrected chi connectivity index (χ1v) is 13.6. The molecule has 36 heavy (non-hydrogen) atoms. The van der Waals surface area contributed by atoms with Crippen LogP contribution in [0.5, 0.6) is 5.75 Å². The molecule has 0 spiro atoms. The summed E-state index contributed by atoms with van der Waals surface area (Å²) in [6.45, 7) is 2.26. The molecular formula is C30H37F5O. The Balaban J connectivity index is 1.26. The van der Waals surface area contributed by atoms with Crippen molar-refractivity contribution in [1.29, 1.82) is 0 Å². The number of hydrogen-bond acceptors (Lipinski definition) is 1. The van der Waals surface area contributed by atoms with Gasteiger partial charge in [0.25, 0.3) is 0 Å². The summed E-state index contributed by atoms with van der Waals surface area (Å²) in [4.78, 5) is 0. The van der Waals surface area contributed by atoms with E-state index >= 15 is 0 Å². The minimum absolute atomic E-state index is 0.0603. The van der Waals surface area contributed by atoms with Crippen LogP contribution in [0.2, 0.25) is 0 Å². The maximum Gasteiger partial charge on any atom is 0.422 e. The largest absolute Gasteiger partial charge is 0.490 e. The molecule has 198 valence electrons. The quantitative estimate of drug-likeness (QED) is 0.255. The fraction of sp³-hybridized carbons (Fsp3) is 0.600. The van der Waals surface area contributed by atoms with E-state index < -0.39 is 23.4 Å². The molecule has 0 radical (unpaired) electrons. The van der Waals surface area contributed by atoms with E-state index in [1.54, 1.807) is 24.3 Å². The summed E-state index contributed by atoms with van der Waals surface area (Å²) >= 11 is 0. The van der Waals surface area contributed by atoms with Gasteiger partial charge in [0.15, 0.2) is 0 Å². The first-order valence-electron chi connectivity index (χ1n) is 13.6. The van der Waals surface area contributed by atoms with Crippen molar-refractivity contribution in [3.63, 3.8) is 0 Å². The predicted molar refractivity (Wildman–Crippen MR) is 133 cm³/mol. The molecular weight excluding hydrogens is 471 g/mol. The van der Waals surface area contributed by atoms with Gasteiger partial charge >= 0.3 is 6.18 Å². The number of hydrogen-bond donors (Lipinski definition) is 0. The molecule has 2 aromatic carbocycles. The normalized spacial score (nSPS) is 25.1. The molecule has 0 saturated heterocycles. The smallest absolute Gasteiger partial charge is 0.422 e. The van der Waals surface area contributed by atoms with Gasteiger partial charge in [-0.3, -0.25) is 0 Å². The Morgan fingerprint density at radius 3 is 1.83 bits per heavy atom. The average molecular weight is 509 g/mol. The van der Waals surface area contributed by atoms with Gasteiger partial charge in [0.05, 0.1) is 6.10 Å². The molecule has 2 fully saturated rings. The lowest BCUT2D eigenvalue weighted by Crippen LogP contribution is -2.29. The molecule has 0 unspecified atom stereocenters. The molecule has 4 rings (SSSR count). The minimum Gasteiger partial charge on any atom is -0.490 e. The predicted octanol–water partition coefficient (Wildman–Crippen LogP) is 9.97. The Labute approximate surface area is 211 Å². The van der Waals surface area contributed by atoms with Gasteiger partial charge in [-0.05, 0) is 91.7 Å². The van der Waals surface area contributed by atoms with Crippen molar-refractivity contribution in [3.8, 4) is 16.9 Å². The summed E-state index contributed by atoms with van der Waals surface area (Å²) < 4.78 is 72.5. The summed E-state index contributed by atoms with van der Waals surface area (Å²) in [5, 5.41) is 0. The highest BCUT2D eigenvalue weighted by atomic mass is 19.4. The van der Waals surface area contributed by atoms with Crippen molar-refractivity contribution in [1.82, 2.24) is 0 Å². The molecule has 2 saturated carbocycles. The summed E-state index contributed by atoms with van der Waals surface area (Å²) in [7, 11) is 0. The highest BCUT2D eigenvalue weighted by Crippen LogP contribution is 2.42. The third-order valence-corrected chi connectivity index (χ3v) is 8.31. The number of rotatable bonds is 8. The second-order valence-electron chi connectivity index (χ2n) is 10.8. The summed E-state index contributed by atoms with van der Waals surface area (Å²) in [5.74, 6) is 0.0400. The monoisotopic (exact) mass is 508 g/mol. The number of ether oxygens (including phenoxy) is 1. The minimum atomic E-state index is -5.07. The van der Waals surface area contributed by atoms with Gasteiger partial charge < -0.3 is 4.74 Å². The van der Waals surface area contributed by atoms with Gasteiger partial charge in [0, 0.05) is 0 Å². The zero-order chi connectivity index (χ0) is 25.7. The summed E-state index contributed by atoms with van der Waals surface area (Å²) in [5.41, 5.74) is -1.37. The van der Waals surface area contributed by atoms with E-state index in [0.29, 0.717) is 11.3 Å². The van der Waals surface area contributed by atoms with Crippen molar-refractivity contribution in [2.24, 2.45) is 17.8 Å². The van der Waals surface area contributed by atoms with Crippen LogP contribution in [0.3, 0.4) is 0 Å². The fourth-order valence-corrected chi connectivity index (χ4v) is 6.24. The van der Waals surface area contributed by atoms with Crippen LogP contribution in [0, 0.1) is 29.4 Å². The Morgan fingerprint density at radius 2 is 1.31 bits per heavy atom. The third kappa shape index (κ3) is 6.80. The van der Waals surface area contributed by atoms with Crippen LogP contribution < -0.4 is 4.74 Å². The molecule has 0 aliphatic heterocycles. The summed E-state index contributed by atoms with van der Waals surface area (Å²) in [6.07, 6.45) is 10.5. The van der Waals surface area contributed by atoms with E-state index in [9.17, 15) is 22.0 Å². The van der Waals surface area contributed by atoms with Crippen LogP contribution in [-0.4, -0.2) is 6.10 Å². The van der Waals surface area contributed by atoms with Crippen LogP contribution in [0.15, 0.2) is 36.4 Å². The molecule has 0 amide bonds. The van der Waals surface area contributed by atoms with Gasteiger partial charge in [-0.25, -0.2) is 8.78 Å². The molecule has 1 nitrogen and oxygen atoms in total. The van der Waals surface area contributed by atoms with Crippen molar-refractivity contribution < 1.29 is 26.7 Å². The van der Waals surface area contributed by atoms with E-state index in [0.717, 1.165) is 42.7 Å². The first kappa shape index (κ1) is 26.9. The van der Waals surface area contributed by atoms with E-state index in [1.165, 1.54) is 64.2 Å². The summed E-state index contributed by atoms with van der Waals surface area (Å²) in [6, 6.07) is 8.13. The van der Waals surface area contributed by atoms with Crippen LogP contribution in [0.1, 0.15) is 89.5 Å². The Kier molecular flexibility index (Phi) is 8.95. The second kappa shape index (κ2) is 12.0. The number of alkyl halides is 3. The lowest BCUT2D eigenvalue weighted by Gasteiger charge is -2.38. The first-order chi connectivity index (χ1) is 17.2. The zero-order valence-corrected chi connectivity index (χ0v) is 21.1. The number of unbranched alkanes of at least 4 members (excludes halogenated alkanes) is 2. The van der Waals surface area contributed by atoms with Gasteiger partial charge in [-0.2, -0.15) is 13.2 Å². The molecule has 2 aliphatic rings. The second-order valence-corrected chi connectivity index (χ2v) is 10.8. The van der Waals surface area contributed by atoms with E-state index in [1.807, 2.05) is 0 Å². The lowest BCUT2D eigenvalue weighted by atomic mass is 9.70. The van der Waals surface area contributed by atoms with Crippen LogP contribution >= 0.6 is 0 Å². The van der Waals surface area contributed by atoms with Crippen LogP contribution in [0.25, 0.3) is 11.1 Å². The number of benzene rings is 2. The van der Waals surface area contributed by atoms with E-state index in [2.05, 4.69) is 6.92 Å². The molecule has 2 aliphatic carbocycles. The van der Waals surface area contributed by atoms with Crippen molar-refractivity contribution in [3.05, 3.63) is 53.6 Å². The van der Waals surface area contributed by atoms with Gasteiger partial charge in [0.2, 0.25) is 0 Å². The van der Waals surface area contributed by atoms with E-state index in [-0.39, 0.29) is 11.7 Å². The Bertz CT molecular complexity index is 945. The average Bonchev–Trinajstić information content (AvgIpc) is 2.84. The molecule has 0 heterocycles. The molecule has 6 heteroatoms. The zero-order valence-electron chi connectivity index (χ0n) is 21.1. The molecule has 2 aromatic rings. The topological polar surface area (TPSA) is 9.23 Å². The molecule has 0 N–H and O–H groups in total. The van der Waals surface area contributed by atoms with Crippen LogP contribution in [0.4, 0.5) is 22.0 Å². The van der Waals surface area contributed by atoms with Gasteiger partial charge in [-0.1, -0.05) is 57.6 Å². The van der Waals surface area contributed by atoms with Crippen LogP contribution in [-0.2, 0) is 6.18 Å². The SMILES string of the molecule is CCCCCC1CCC(C2CCC(Oc3ccc(-c4cc(F)c(C(F)(F)F)c(F)c4)cc3)CC2)CC1. The highest BCUT2D eigenvalue weighted by molar-refractivity contribution is 5.65.